The SMILES string of the molecule is CCCCCCCCc1cc(O)cc2ccc(Cl)cc12. The number of rotatable bonds is 7. The van der Waals surface area contributed by atoms with Crippen LogP contribution in [0.25, 0.3) is 10.8 Å². The van der Waals surface area contributed by atoms with Crippen molar-refractivity contribution >= 4 is 22.4 Å². The summed E-state index contributed by atoms with van der Waals surface area (Å²) in [4.78, 5) is 0. The molecule has 1 nitrogen and oxygen atoms in total. The third-order valence-electron chi connectivity index (χ3n) is 3.79. The second-order valence-electron chi connectivity index (χ2n) is 5.49. The summed E-state index contributed by atoms with van der Waals surface area (Å²) in [6.07, 6.45) is 8.72. The van der Waals surface area contributed by atoms with E-state index in [0.29, 0.717) is 5.75 Å². The molecule has 1 N–H and O–H groups in total. The molecular formula is C18H23ClO. The van der Waals surface area contributed by atoms with Gasteiger partial charge >= 0.3 is 0 Å². The molecule has 0 aromatic heterocycles. The smallest absolute Gasteiger partial charge is 0.116 e. The maximum absolute atomic E-state index is 9.82. The summed E-state index contributed by atoms with van der Waals surface area (Å²) in [6, 6.07) is 9.53. The van der Waals surface area contributed by atoms with Crippen molar-refractivity contribution in [2.24, 2.45) is 0 Å². The average Bonchev–Trinajstić information content (AvgIpc) is 2.43. The molecule has 0 bridgehead atoms. The number of unbranched alkanes of at least 4 members (excludes halogenated alkanes) is 5. The predicted octanol–water partition coefficient (Wildman–Crippen LogP) is 6.10. The number of hydrogen-bond acceptors (Lipinski definition) is 1. The van der Waals surface area contributed by atoms with Crippen molar-refractivity contribution in [2.45, 2.75) is 51.9 Å². The number of aromatic hydroxyl groups is 1. The molecule has 0 spiro atoms. The Morgan fingerprint density at radius 2 is 1.70 bits per heavy atom. The molecule has 2 rings (SSSR count). The lowest BCUT2D eigenvalue weighted by molar-refractivity contribution is 0.475. The standard InChI is InChI=1S/C18H23ClO/c1-2-3-4-5-6-7-8-14-11-17(20)12-15-9-10-16(19)13-18(14)15/h9-13,20H,2-8H2,1H3. The molecule has 0 aliphatic heterocycles. The fourth-order valence-corrected chi connectivity index (χ4v) is 2.86. The molecule has 2 aromatic carbocycles. The highest BCUT2D eigenvalue weighted by molar-refractivity contribution is 6.31. The minimum absolute atomic E-state index is 0.348. The minimum atomic E-state index is 0.348. The molecule has 0 fully saturated rings. The van der Waals surface area contributed by atoms with Crippen LogP contribution in [0, 0.1) is 0 Å². The van der Waals surface area contributed by atoms with E-state index in [1.165, 1.54) is 49.5 Å². The van der Waals surface area contributed by atoms with E-state index < -0.39 is 0 Å². The normalized spacial score (nSPS) is 11.1. The predicted molar refractivity (Wildman–Crippen MR) is 87.7 cm³/mol. The van der Waals surface area contributed by atoms with E-state index >= 15 is 0 Å². The van der Waals surface area contributed by atoms with E-state index in [-0.39, 0.29) is 0 Å². The monoisotopic (exact) mass is 290 g/mol. The molecule has 0 saturated heterocycles. The Morgan fingerprint density at radius 3 is 2.50 bits per heavy atom. The molecular weight excluding hydrogens is 268 g/mol. The minimum Gasteiger partial charge on any atom is -0.508 e. The topological polar surface area (TPSA) is 20.2 Å². The van der Waals surface area contributed by atoms with Gasteiger partial charge in [0.25, 0.3) is 0 Å². The number of aryl methyl sites for hydroxylation is 1. The lowest BCUT2D eigenvalue weighted by atomic mass is 9.98. The van der Waals surface area contributed by atoms with Crippen LogP contribution in [0.3, 0.4) is 0 Å². The molecule has 20 heavy (non-hydrogen) atoms. The zero-order chi connectivity index (χ0) is 14.4. The molecule has 0 radical (unpaired) electrons. The summed E-state index contributed by atoms with van der Waals surface area (Å²) < 4.78 is 0. The van der Waals surface area contributed by atoms with Crippen molar-refractivity contribution in [3.8, 4) is 5.75 Å². The average molecular weight is 291 g/mol. The summed E-state index contributed by atoms with van der Waals surface area (Å²) >= 11 is 6.09. The fourth-order valence-electron chi connectivity index (χ4n) is 2.69. The van der Waals surface area contributed by atoms with Gasteiger partial charge in [0.05, 0.1) is 0 Å². The van der Waals surface area contributed by atoms with E-state index in [4.69, 9.17) is 11.6 Å². The Hall–Kier alpha value is -1.21. The lowest BCUT2D eigenvalue weighted by Crippen LogP contribution is -1.89. The largest absolute Gasteiger partial charge is 0.508 e. The number of benzene rings is 2. The van der Waals surface area contributed by atoms with Gasteiger partial charge in [-0.05, 0) is 53.4 Å². The van der Waals surface area contributed by atoms with Crippen LogP contribution in [-0.2, 0) is 6.42 Å². The summed E-state index contributed by atoms with van der Waals surface area (Å²) in [5.74, 6) is 0.348. The first-order valence-corrected chi connectivity index (χ1v) is 7.99. The van der Waals surface area contributed by atoms with Crippen LogP contribution in [0.1, 0.15) is 51.0 Å². The van der Waals surface area contributed by atoms with Crippen LogP contribution in [-0.4, -0.2) is 5.11 Å². The van der Waals surface area contributed by atoms with Gasteiger partial charge in [-0.2, -0.15) is 0 Å². The van der Waals surface area contributed by atoms with Gasteiger partial charge in [0.15, 0.2) is 0 Å². The molecule has 108 valence electrons. The molecule has 0 saturated carbocycles. The van der Waals surface area contributed by atoms with Crippen molar-refractivity contribution in [1.29, 1.82) is 0 Å². The first kappa shape index (κ1) is 15.2. The zero-order valence-corrected chi connectivity index (χ0v) is 12.9. The van der Waals surface area contributed by atoms with Crippen molar-refractivity contribution in [3.05, 3.63) is 40.9 Å². The van der Waals surface area contributed by atoms with Crippen LogP contribution in [0.15, 0.2) is 30.3 Å². The van der Waals surface area contributed by atoms with Crippen molar-refractivity contribution in [2.75, 3.05) is 0 Å². The molecule has 2 aromatic rings. The highest BCUT2D eigenvalue weighted by Gasteiger charge is 2.05. The van der Waals surface area contributed by atoms with Crippen LogP contribution >= 0.6 is 11.6 Å². The third kappa shape index (κ3) is 4.14. The highest BCUT2D eigenvalue weighted by Crippen LogP contribution is 2.28. The number of halogens is 1. The Labute approximate surface area is 126 Å². The summed E-state index contributed by atoms with van der Waals surface area (Å²) in [5, 5.41) is 12.8. The van der Waals surface area contributed by atoms with E-state index in [1.807, 2.05) is 24.3 Å². The molecule has 0 aliphatic rings. The van der Waals surface area contributed by atoms with E-state index in [1.54, 1.807) is 6.07 Å². The molecule has 0 atom stereocenters. The van der Waals surface area contributed by atoms with Gasteiger partial charge in [-0.25, -0.2) is 0 Å². The highest BCUT2D eigenvalue weighted by atomic mass is 35.5. The lowest BCUT2D eigenvalue weighted by Gasteiger charge is -2.08. The van der Waals surface area contributed by atoms with Crippen LogP contribution in [0.5, 0.6) is 5.75 Å². The van der Waals surface area contributed by atoms with Gasteiger partial charge in [-0.15, -0.1) is 0 Å². The van der Waals surface area contributed by atoms with Crippen molar-refractivity contribution < 1.29 is 5.11 Å². The van der Waals surface area contributed by atoms with Gasteiger partial charge in [0.1, 0.15) is 5.75 Å². The third-order valence-corrected chi connectivity index (χ3v) is 4.02. The van der Waals surface area contributed by atoms with Crippen LogP contribution in [0.4, 0.5) is 0 Å². The quantitative estimate of drug-likeness (QED) is 0.611. The maximum Gasteiger partial charge on any atom is 0.116 e. The number of hydrogen-bond donors (Lipinski definition) is 1. The Morgan fingerprint density at radius 1 is 0.950 bits per heavy atom. The Balaban J connectivity index is 2.03. The first-order valence-electron chi connectivity index (χ1n) is 7.62. The zero-order valence-electron chi connectivity index (χ0n) is 12.2. The molecule has 0 unspecified atom stereocenters. The van der Waals surface area contributed by atoms with Crippen molar-refractivity contribution in [3.63, 3.8) is 0 Å². The molecule has 0 amide bonds. The van der Waals surface area contributed by atoms with Crippen molar-refractivity contribution in [1.82, 2.24) is 0 Å². The molecule has 0 aliphatic carbocycles. The van der Waals surface area contributed by atoms with Gasteiger partial charge in [-0.3, -0.25) is 0 Å². The van der Waals surface area contributed by atoms with Gasteiger partial charge in [-0.1, -0.05) is 56.7 Å². The van der Waals surface area contributed by atoms with E-state index in [0.717, 1.165) is 16.8 Å². The Kier molecular flexibility index (Phi) is 5.72. The summed E-state index contributed by atoms with van der Waals surface area (Å²) in [7, 11) is 0. The van der Waals surface area contributed by atoms with Crippen LogP contribution in [0.2, 0.25) is 5.02 Å². The second-order valence-corrected chi connectivity index (χ2v) is 5.92. The maximum atomic E-state index is 9.82. The molecule has 0 heterocycles. The first-order chi connectivity index (χ1) is 9.70. The van der Waals surface area contributed by atoms with Gasteiger partial charge < -0.3 is 5.11 Å². The molecule has 2 heteroatoms. The van der Waals surface area contributed by atoms with E-state index in [9.17, 15) is 5.11 Å². The number of fused-ring (bicyclic) bond motifs is 1. The van der Waals surface area contributed by atoms with Crippen LogP contribution < -0.4 is 0 Å². The number of phenolic OH excluding ortho intramolecular Hbond substituents is 1. The number of phenols is 1. The second kappa shape index (κ2) is 7.54. The van der Waals surface area contributed by atoms with Gasteiger partial charge in [0, 0.05) is 5.02 Å². The van der Waals surface area contributed by atoms with Gasteiger partial charge in [0.2, 0.25) is 0 Å². The van der Waals surface area contributed by atoms with E-state index in [2.05, 4.69) is 6.92 Å². The fraction of sp³-hybridized carbons (Fsp3) is 0.444. The summed E-state index contributed by atoms with van der Waals surface area (Å²) in [6.45, 7) is 2.24. The Bertz CT molecular complexity index is 563. The summed E-state index contributed by atoms with van der Waals surface area (Å²) in [5.41, 5.74) is 1.21.